The number of nitrogens with one attached hydrogen (secondary N) is 1. The summed E-state index contributed by atoms with van der Waals surface area (Å²) in [5.41, 5.74) is 0. The van der Waals surface area contributed by atoms with E-state index in [-0.39, 0.29) is 5.91 Å². The first kappa shape index (κ1) is 16.4. The largest absolute Gasteiger partial charge is 0.379 e. The molecule has 0 heterocycles. The second-order valence-electron chi connectivity index (χ2n) is 4.51. The number of amides is 1. The van der Waals surface area contributed by atoms with Crippen LogP contribution in [0.5, 0.6) is 0 Å². The van der Waals surface area contributed by atoms with E-state index >= 15 is 0 Å². The molecule has 4 nitrogen and oxygen atoms in total. The number of ether oxygens (including phenoxy) is 2. The molecule has 0 unspecified atom stereocenters. The molecule has 4 heteroatoms. The Morgan fingerprint density at radius 2 is 1.76 bits per heavy atom. The van der Waals surface area contributed by atoms with E-state index in [1.807, 2.05) is 0 Å². The first-order chi connectivity index (χ1) is 8.16. The smallest absolute Gasteiger partial charge is 0.220 e. The lowest BCUT2D eigenvalue weighted by Gasteiger charge is -2.07. The van der Waals surface area contributed by atoms with Crippen molar-refractivity contribution < 1.29 is 14.3 Å². The summed E-state index contributed by atoms with van der Waals surface area (Å²) in [7, 11) is 0. The van der Waals surface area contributed by atoms with E-state index < -0.39 is 0 Å². The highest BCUT2D eigenvalue weighted by Crippen LogP contribution is 2.02. The minimum Gasteiger partial charge on any atom is -0.379 e. The van der Waals surface area contributed by atoms with Crippen molar-refractivity contribution in [2.24, 2.45) is 5.92 Å². The van der Waals surface area contributed by atoms with E-state index in [0.29, 0.717) is 38.7 Å². The molecule has 0 spiro atoms. The zero-order chi connectivity index (χ0) is 12.9. The average Bonchev–Trinajstić information content (AvgIpc) is 2.30. The highest BCUT2D eigenvalue weighted by molar-refractivity contribution is 5.75. The van der Waals surface area contributed by atoms with Gasteiger partial charge in [-0.3, -0.25) is 4.79 Å². The minimum absolute atomic E-state index is 0.115. The summed E-state index contributed by atoms with van der Waals surface area (Å²) < 4.78 is 10.6. The summed E-state index contributed by atoms with van der Waals surface area (Å²) in [6.45, 7) is 9.48. The van der Waals surface area contributed by atoms with E-state index in [4.69, 9.17) is 9.47 Å². The number of hydrogen-bond acceptors (Lipinski definition) is 3. The van der Waals surface area contributed by atoms with Crippen molar-refractivity contribution in [1.82, 2.24) is 5.32 Å². The van der Waals surface area contributed by atoms with E-state index in [1.54, 1.807) is 0 Å². The van der Waals surface area contributed by atoms with Gasteiger partial charge >= 0.3 is 0 Å². The lowest BCUT2D eigenvalue weighted by molar-refractivity contribution is -0.121. The Labute approximate surface area is 105 Å². The fourth-order valence-electron chi connectivity index (χ4n) is 1.24. The van der Waals surface area contributed by atoms with E-state index in [1.165, 1.54) is 0 Å². The van der Waals surface area contributed by atoms with Gasteiger partial charge < -0.3 is 14.8 Å². The Bertz CT molecular complexity index is 184. The van der Waals surface area contributed by atoms with E-state index in [2.05, 4.69) is 26.1 Å². The second-order valence-corrected chi connectivity index (χ2v) is 4.51. The third-order valence-electron chi connectivity index (χ3n) is 2.24. The summed E-state index contributed by atoms with van der Waals surface area (Å²) in [4.78, 5) is 11.3. The molecule has 17 heavy (non-hydrogen) atoms. The fraction of sp³-hybridized carbons (Fsp3) is 0.923. The molecule has 0 atom stereocenters. The van der Waals surface area contributed by atoms with Gasteiger partial charge in [0.2, 0.25) is 5.91 Å². The van der Waals surface area contributed by atoms with Gasteiger partial charge in [0.05, 0.1) is 19.8 Å². The molecule has 1 amide bonds. The van der Waals surface area contributed by atoms with Crippen LogP contribution in [-0.4, -0.2) is 38.9 Å². The van der Waals surface area contributed by atoms with Crippen molar-refractivity contribution in [3.63, 3.8) is 0 Å². The van der Waals surface area contributed by atoms with Crippen LogP contribution in [0.2, 0.25) is 0 Å². The van der Waals surface area contributed by atoms with Crippen molar-refractivity contribution in [3.8, 4) is 0 Å². The van der Waals surface area contributed by atoms with Crippen LogP contribution in [0.4, 0.5) is 0 Å². The van der Waals surface area contributed by atoms with Gasteiger partial charge in [0.1, 0.15) is 0 Å². The molecule has 0 aliphatic carbocycles. The predicted molar refractivity (Wildman–Crippen MR) is 69.0 cm³/mol. The van der Waals surface area contributed by atoms with Gasteiger partial charge in [-0.1, -0.05) is 20.8 Å². The number of carbonyl (C=O) groups excluding carboxylic acids is 1. The molecule has 0 rings (SSSR count). The topological polar surface area (TPSA) is 47.6 Å². The molecule has 1 N–H and O–H groups in total. The van der Waals surface area contributed by atoms with Gasteiger partial charge in [-0.25, -0.2) is 0 Å². The van der Waals surface area contributed by atoms with Crippen LogP contribution in [0.15, 0.2) is 0 Å². The molecule has 102 valence electrons. The molecule has 0 aromatic heterocycles. The number of rotatable bonds is 11. The molecule has 0 aromatic carbocycles. The molecule has 0 fully saturated rings. The molecule has 0 bridgehead atoms. The maximum absolute atomic E-state index is 11.3. The van der Waals surface area contributed by atoms with Gasteiger partial charge in [-0.2, -0.15) is 0 Å². The van der Waals surface area contributed by atoms with Crippen molar-refractivity contribution in [1.29, 1.82) is 0 Å². The van der Waals surface area contributed by atoms with Crippen LogP contribution in [0, 0.1) is 5.92 Å². The van der Waals surface area contributed by atoms with Crippen LogP contribution < -0.4 is 5.32 Å². The van der Waals surface area contributed by atoms with Crippen molar-refractivity contribution in [2.45, 2.75) is 40.0 Å². The third-order valence-corrected chi connectivity index (χ3v) is 2.24. The van der Waals surface area contributed by atoms with E-state index in [9.17, 15) is 4.79 Å². The van der Waals surface area contributed by atoms with Crippen LogP contribution >= 0.6 is 0 Å². The summed E-state index contributed by atoms with van der Waals surface area (Å²) in [5, 5.41) is 2.84. The van der Waals surface area contributed by atoms with Gasteiger partial charge in [-0.15, -0.1) is 0 Å². The van der Waals surface area contributed by atoms with Gasteiger partial charge in [-0.05, 0) is 18.8 Å². The number of hydrogen-bond donors (Lipinski definition) is 1. The lowest BCUT2D eigenvalue weighted by Crippen LogP contribution is -2.27. The first-order valence-electron chi connectivity index (χ1n) is 6.59. The molecule has 0 aromatic rings. The van der Waals surface area contributed by atoms with Gasteiger partial charge in [0.25, 0.3) is 0 Å². The molecule has 0 aliphatic rings. The van der Waals surface area contributed by atoms with Crippen molar-refractivity contribution >= 4 is 5.91 Å². The first-order valence-corrected chi connectivity index (χ1v) is 6.59. The normalized spacial score (nSPS) is 10.8. The molecular formula is C13H27NO3. The summed E-state index contributed by atoms with van der Waals surface area (Å²) in [6, 6.07) is 0. The highest BCUT2D eigenvalue weighted by atomic mass is 16.5. The van der Waals surface area contributed by atoms with Crippen LogP contribution in [-0.2, 0) is 14.3 Å². The molecule has 0 saturated carbocycles. The zero-order valence-electron chi connectivity index (χ0n) is 11.5. The quantitative estimate of drug-likeness (QED) is 0.566. The third kappa shape index (κ3) is 13.3. The lowest BCUT2D eigenvalue weighted by atomic mass is 10.1. The Morgan fingerprint density at radius 1 is 1.12 bits per heavy atom. The highest BCUT2D eigenvalue weighted by Gasteiger charge is 2.02. The Balaban J connectivity index is 3.14. The van der Waals surface area contributed by atoms with Gasteiger partial charge in [0.15, 0.2) is 0 Å². The summed E-state index contributed by atoms with van der Waals surface area (Å²) >= 11 is 0. The maximum Gasteiger partial charge on any atom is 0.220 e. The average molecular weight is 245 g/mol. The molecular weight excluding hydrogens is 218 g/mol. The fourth-order valence-corrected chi connectivity index (χ4v) is 1.24. The standard InChI is InChI=1S/C13H27NO3/c1-4-8-16-10-11-17-9-7-14-13(15)6-5-12(2)3/h12H,4-11H2,1-3H3,(H,14,15). The second kappa shape index (κ2) is 11.9. The predicted octanol–water partition coefficient (Wildman–Crippen LogP) is 1.98. The SMILES string of the molecule is CCCOCCOCCNC(=O)CCC(C)C. The Kier molecular flexibility index (Phi) is 11.4. The maximum atomic E-state index is 11.3. The van der Waals surface area contributed by atoms with Crippen molar-refractivity contribution in [3.05, 3.63) is 0 Å². The monoisotopic (exact) mass is 245 g/mol. The summed E-state index contributed by atoms with van der Waals surface area (Å²) in [6.07, 6.45) is 2.58. The van der Waals surface area contributed by atoms with Crippen LogP contribution in [0.25, 0.3) is 0 Å². The molecule has 0 saturated heterocycles. The Hall–Kier alpha value is -0.610. The number of carbonyl (C=O) groups is 1. The molecule has 0 radical (unpaired) electrons. The van der Waals surface area contributed by atoms with Crippen LogP contribution in [0.1, 0.15) is 40.0 Å². The zero-order valence-corrected chi connectivity index (χ0v) is 11.5. The van der Waals surface area contributed by atoms with E-state index in [0.717, 1.165) is 19.4 Å². The Morgan fingerprint density at radius 3 is 2.35 bits per heavy atom. The van der Waals surface area contributed by atoms with Gasteiger partial charge in [0, 0.05) is 19.6 Å². The molecule has 0 aliphatic heterocycles. The minimum atomic E-state index is 0.115. The summed E-state index contributed by atoms with van der Waals surface area (Å²) in [5.74, 6) is 0.692. The van der Waals surface area contributed by atoms with Crippen LogP contribution in [0.3, 0.4) is 0 Å². The van der Waals surface area contributed by atoms with Crippen molar-refractivity contribution in [2.75, 3.05) is 33.0 Å².